The SMILES string of the molecule is CCNC(=NCC(C)Cc1cccs1)NCCCC(=O)NC1CC1. The fourth-order valence-electron chi connectivity index (χ4n) is 2.41. The molecule has 0 bridgehead atoms. The van der Waals surface area contributed by atoms with Crippen LogP contribution in [-0.2, 0) is 11.2 Å². The van der Waals surface area contributed by atoms with Crippen LogP contribution in [0.4, 0.5) is 0 Å². The third kappa shape index (κ3) is 7.81. The molecule has 0 radical (unpaired) electrons. The lowest BCUT2D eigenvalue weighted by atomic mass is 10.1. The van der Waals surface area contributed by atoms with Gasteiger partial charge in [0, 0.05) is 37.0 Å². The molecule has 0 aliphatic heterocycles. The minimum atomic E-state index is 0.172. The lowest BCUT2D eigenvalue weighted by Crippen LogP contribution is -2.38. The fourth-order valence-corrected chi connectivity index (χ4v) is 3.28. The highest BCUT2D eigenvalue weighted by Crippen LogP contribution is 2.18. The molecule has 134 valence electrons. The van der Waals surface area contributed by atoms with Crippen molar-refractivity contribution < 1.29 is 4.79 Å². The smallest absolute Gasteiger partial charge is 0.220 e. The van der Waals surface area contributed by atoms with Crippen LogP contribution in [-0.4, -0.2) is 37.5 Å². The van der Waals surface area contributed by atoms with Crippen LogP contribution >= 0.6 is 11.3 Å². The molecule has 2 rings (SSSR count). The van der Waals surface area contributed by atoms with Crippen LogP contribution in [0.2, 0.25) is 0 Å². The molecule has 0 aromatic carbocycles. The molecule has 1 saturated carbocycles. The van der Waals surface area contributed by atoms with Gasteiger partial charge in [-0.15, -0.1) is 11.3 Å². The Balaban J connectivity index is 1.64. The summed E-state index contributed by atoms with van der Waals surface area (Å²) in [5, 5.41) is 11.7. The van der Waals surface area contributed by atoms with E-state index in [2.05, 4.69) is 52.3 Å². The average Bonchev–Trinajstić information content (AvgIpc) is 3.22. The molecule has 0 saturated heterocycles. The van der Waals surface area contributed by atoms with Gasteiger partial charge in [0.15, 0.2) is 5.96 Å². The van der Waals surface area contributed by atoms with Gasteiger partial charge in [0.05, 0.1) is 0 Å². The fraction of sp³-hybridized carbons (Fsp3) is 0.667. The number of hydrogen-bond donors (Lipinski definition) is 3. The molecule has 1 fully saturated rings. The second kappa shape index (κ2) is 10.3. The summed E-state index contributed by atoms with van der Waals surface area (Å²) in [5.74, 6) is 1.53. The van der Waals surface area contributed by atoms with Gasteiger partial charge in [-0.2, -0.15) is 0 Å². The van der Waals surface area contributed by atoms with Crippen molar-refractivity contribution in [1.82, 2.24) is 16.0 Å². The third-order valence-electron chi connectivity index (χ3n) is 3.85. The lowest BCUT2D eigenvalue weighted by molar-refractivity contribution is -0.121. The summed E-state index contributed by atoms with van der Waals surface area (Å²) in [6.07, 6.45) is 4.77. The van der Waals surface area contributed by atoms with Crippen molar-refractivity contribution in [3.63, 3.8) is 0 Å². The van der Waals surface area contributed by atoms with Crippen LogP contribution < -0.4 is 16.0 Å². The highest BCUT2D eigenvalue weighted by molar-refractivity contribution is 7.09. The number of carbonyl (C=O) groups excluding carboxylic acids is 1. The van der Waals surface area contributed by atoms with Crippen LogP contribution in [0.3, 0.4) is 0 Å². The van der Waals surface area contributed by atoms with Crippen LogP contribution in [0.5, 0.6) is 0 Å². The quantitative estimate of drug-likeness (QED) is 0.345. The predicted octanol–water partition coefficient (Wildman–Crippen LogP) is 2.54. The van der Waals surface area contributed by atoms with Crippen molar-refractivity contribution in [2.24, 2.45) is 10.9 Å². The average molecular weight is 351 g/mol. The first-order valence-electron chi connectivity index (χ1n) is 9.01. The van der Waals surface area contributed by atoms with Crippen molar-refractivity contribution in [1.29, 1.82) is 0 Å². The maximum absolute atomic E-state index is 11.6. The van der Waals surface area contributed by atoms with Crippen molar-refractivity contribution >= 4 is 23.2 Å². The van der Waals surface area contributed by atoms with E-state index in [1.165, 1.54) is 4.88 Å². The monoisotopic (exact) mass is 350 g/mol. The Labute approximate surface area is 149 Å². The molecule has 1 unspecified atom stereocenters. The Kier molecular flexibility index (Phi) is 8.08. The Bertz CT molecular complexity index is 511. The molecular weight excluding hydrogens is 320 g/mol. The van der Waals surface area contributed by atoms with Gasteiger partial charge in [-0.1, -0.05) is 13.0 Å². The molecule has 1 aromatic rings. The predicted molar refractivity (Wildman–Crippen MR) is 102 cm³/mol. The van der Waals surface area contributed by atoms with Gasteiger partial charge in [-0.25, -0.2) is 0 Å². The number of nitrogens with one attached hydrogen (secondary N) is 3. The lowest BCUT2D eigenvalue weighted by Gasteiger charge is -2.13. The molecular formula is C18H30N4OS. The Morgan fingerprint density at radius 1 is 1.42 bits per heavy atom. The van der Waals surface area contributed by atoms with Crippen LogP contribution in [0.15, 0.2) is 22.5 Å². The highest BCUT2D eigenvalue weighted by atomic mass is 32.1. The molecule has 1 amide bonds. The topological polar surface area (TPSA) is 65.5 Å². The summed E-state index contributed by atoms with van der Waals surface area (Å²) >= 11 is 1.81. The van der Waals surface area contributed by atoms with E-state index in [0.29, 0.717) is 18.4 Å². The summed E-state index contributed by atoms with van der Waals surface area (Å²) in [4.78, 5) is 17.7. The minimum absolute atomic E-state index is 0.172. The Morgan fingerprint density at radius 2 is 2.25 bits per heavy atom. The number of hydrogen-bond acceptors (Lipinski definition) is 3. The standard InChI is InChI=1S/C18H30N4OS/c1-3-19-18(20-10-4-7-17(23)22-15-8-9-15)21-13-14(2)12-16-6-5-11-24-16/h5-6,11,14-15H,3-4,7-10,12-13H2,1-2H3,(H,22,23)(H2,19,20,21). The third-order valence-corrected chi connectivity index (χ3v) is 4.75. The second-order valence-electron chi connectivity index (χ2n) is 6.48. The summed E-state index contributed by atoms with van der Waals surface area (Å²) in [6.45, 7) is 6.70. The molecule has 1 aliphatic carbocycles. The molecule has 6 heteroatoms. The van der Waals surface area contributed by atoms with Crippen LogP contribution in [0.1, 0.15) is 44.4 Å². The molecule has 1 aliphatic rings. The first kappa shape index (κ1) is 18.8. The van der Waals surface area contributed by atoms with Crippen molar-refractivity contribution in [3.8, 4) is 0 Å². The van der Waals surface area contributed by atoms with Crippen molar-refractivity contribution in [3.05, 3.63) is 22.4 Å². The van der Waals surface area contributed by atoms with Gasteiger partial charge in [0.2, 0.25) is 5.91 Å². The molecule has 0 spiro atoms. The maximum Gasteiger partial charge on any atom is 0.220 e. The molecule has 5 nitrogen and oxygen atoms in total. The van der Waals surface area contributed by atoms with Crippen molar-refractivity contribution in [2.45, 2.75) is 52.0 Å². The van der Waals surface area contributed by atoms with E-state index in [1.807, 2.05) is 0 Å². The summed E-state index contributed by atoms with van der Waals surface area (Å²) < 4.78 is 0. The van der Waals surface area contributed by atoms with Crippen LogP contribution in [0.25, 0.3) is 0 Å². The molecule has 24 heavy (non-hydrogen) atoms. The number of guanidine groups is 1. The number of thiophene rings is 1. The largest absolute Gasteiger partial charge is 0.357 e. The van der Waals surface area contributed by atoms with Gasteiger partial charge in [0.1, 0.15) is 0 Å². The minimum Gasteiger partial charge on any atom is -0.357 e. The summed E-state index contributed by atoms with van der Waals surface area (Å²) in [5.41, 5.74) is 0. The number of rotatable bonds is 10. The molecule has 1 aromatic heterocycles. The normalized spacial score (nSPS) is 15.8. The van der Waals surface area contributed by atoms with E-state index in [4.69, 9.17) is 0 Å². The first-order chi connectivity index (χ1) is 11.7. The molecule has 3 N–H and O–H groups in total. The zero-order chi connectivity index (χ0) is 17.2. The van der Waals surface area contributed by atoms with Gasteiger partial charge in [-0.3, -0.25) is 9.79 Å². The van der Waals surface area contributed by atoms with E-state index >= 15 is 0 Å². The van der Waals surface area contributed by atoms with Gasteiger partial charge >= 0.3 is 0 Å². The highest BCUT2D eigenvalue weighted by Gasteiger charge is 2.22. The Hall–Kier alpha value is -1.56. The first-order valence-corrected chi connectivity index (χ1v) is 9.89. The zero-order valence-electron chi connectivity index (χ0n) is 14.8. The maximum atomic E-state index is 11.6. The van der Waals surface area contributed by atoms with E-state index in [0.717, 1.165) is 51.3 Å². The number of amides is 1. The molecule has 1 heterocycles. The number of carbonyl (C=O) groups is 1. The van der Waals surface area contributed by atoms with Gasteiger partial charge in [-0.05, 0) is 50.0 Å². The molecule has 1 atom stereocenters. The van der Waals surface area contributed by atoms with Crippen LogP contribution in [0, 0.1) is 5.92 Å². The van der Waals surface area contributed by atoms with Crippen molar-refractivity contribution in [2.75, 3.05) is 19.6 Å². The van der Waals surface area contributed by atoms with E-state index in [1.54, 1.807) is 11.3 Å². The van der Waals surface area contributed by atoms with Gasteiger partial charge in [0.25, 0.3) is 0 Å². The number of aliphatic imine (C=N–C) groups is 1. The summed E-state index contributed by atoms with van der Waals surface area (Å²) in [6, 6.07) is 4.73. The Morgan fingerprint density at radius 3 is 2.92 bits per heavy atom. The van der Waals surface area contributed by atoms with Gasteiger partial charge < -0.3 is 16.0 Å². The number of nitrogens with zero attached hydrogens (tertiary/aromatic N) is 1. The van der Waals surface area contributed by atoms with E-state index < -0.39 is 0 Å². The van der Waals surface area contributed by atoms with E-state index in [-0.39, 0.29) is 5.91 Å². The van der Waals surface area contributed by atoms with E-state index in [9.17, 15) is 4.79 Å². The summed E-state index contributed by atoms with van der Waals surface area (Å²) in [7, 11) is 0. The zero-order valence-corrected chi connectivity index (χ0v) is 15.6. The second-order valence-corrected chi connectivity index (χ2v) is 7.51.